The molecule has 1 heterocycles. The van der Waals surface area contributed by atoms with Gasteiger partial charge < -0.3 is 5.73 Å². The van der Waals surface area contributed by atoms with Gasteiger partial charge in [-0.25, -0.2) is 4.90 Å². The molecule has 17 heavy (non-hydrogen) atoms. The molecule has 2 amide bonds. The molecule has 1 aromatic carbocycles. The topological polar surface area (TPSA) is 63.4 Å². The Hall–Kier alpha value is -1.84. The molecule has 1 aliphatic heterocycles. The highest BCUT2D eigenvalue weighted by molar-refractivity contribution is 6.18. The molecule has 1 aromatic rings. The van der Waals surface area contributed by atoms with Crippen LogP contribution in [-0.2, 0) is 9.59 Å². The third-order valence-corrected chi connectivity index (χ3v) is 2.97. The molecule has 0 aromatic heterocycles. The largest absolute Gasteiger partial charge is 0.397 e. The van der Waals surface area contributed by atoms with Crippen LogP contribution < -0.4 is 10.6 Å². The van der Waals surface area contributed by atoms with Crippen LogP contribution in [0.1, 0.15) is 25.3 Å². The standard InChI is InChI=1S/C13H16N2O2/c1-8-3-4-10(14)11(5-8)15-12(16)6-9(2)7-13(15)17/h3-5,9H,6-7,14H2,1-2H3. The van der Waals surface area contributed by atoms with Crippen molar-refractivity contribution in [3.63, 3.8) is 0 Å². The number of nitrogen functional groups attached to an aromatic ring is 1. The van der Waals surface area contributed by atoms with Crippen molar-refractivity contribution in [3.05, 3.63) is 23.8 Å². The van der Waals surface area contributed by atoms with Crippen LogP contribution in [0.5, 0.6) is 0 Å². The normalized spacial score (nSPS) is 17.6. The number of rotatable bonds is 1. The molecule has 4 nitrogen and oxygen atoms in total. The summed E-state index contributed by atoms with van der Waals surface area (Å²) in [5, 5.41) is 0. The van der Waals surface area contributed by atoms with Crippen LogP contribution in [0.25, 0.3) is 0 Å². The maximum atomic E-state index is 11.9. The van der Waals surface area contributed by atoms with Gasteiger partial charge in [0.2, 0.25) is 11.8 Å². The second-order valence-corrected chi connectivity index (χ2v) is 4.70. The number of carbonyl (C=O) groups is 2. The minimum atomic E-state index is -0.161. The summed E-state index contributed by atoms with van der Waals surface area (Å²) in [6, 6.07) is 5.37. The van der Waals surface area contributed by atoms with Gasteiger partial charge in [0.05, 0.1) is 11.4 Å². The monoisotopic (exact) mass is 232 g/mol. The highest BCUT2D eigenvalue weighted by atomic mass is 16.2. The van der Waals surface area contributed by atoms with Gasteiger partial charge in [0, 0.05) is 12.8 Å². The molecule has 1 fully saturated rings. The van der Waals surface area contributed by atoms with E-state index in [2.05, 4.69) is 0 Å². The van der Waals surface area contributed by atoms with Gasteiger partial charge in [-0.15, -0.1) is 0 Å². The Labute approximate surface area is 100 Å². The molecule has 0 aliphatic carbocycles. The second kappa shape index (κ2) is 4.20. The van der Waals surface area contributed by atoms with E-state index in [1.165, 1.54) is 4.90 Å². The van der Waals surface area contributed by atoms with Crippen LogP contribution in [0.2, 0.25) is 0 Å². The minimum absolute atomic E-state index is 0.122. The molecule has 0 unspecified atom stereocenters. The molecule has 4 heteroatoms. The zero-order valence-electron chi connectivity index (χ0n) is 10.1. The molecule has 1 aliphatic rings. The number of carbonyl (C=O) groups excluding carboxylic acids is 2. The summed E-state index contributed by atoms with van der Waals surface area (Å²) in [6.45, 7) is 3.82. The Morgan fingerprint density at radius 1 is 1.24 bits per heavy atom. The van der Waals surface area contributed by atoms with E-state index < -0.39 is 0 Å². The Morgan fingerprint density at radius 2 is 1.82 bits per heavy atom. The highest BCUT2D eigenvalue weighted by Gasteiger charge is 2.32. The first-order valence-corrected chi connectivity index (χ1v) is 5.71. The third kappa shape index (κ3) is 2.16. The molecule has 0 saturated carbocycles. The van der Waals surface area contributed by atoms with Gasteiger partial charge in [0.1, 0.15) is 0 Å². The van der Waals surface area contributed by atoms with Crippen LogP contribution in [0.15, 0.2) is 18.2 Å². The fourth-order valence-electron chi connectivity index (χ4n) is 2.11. The van der Waals surface area contributed by atoms with E-state index in [1.54, 1.807) is 12.1 Å². The molecule has 90 valence electrons. The lowest BCUT2D eigenvalue weighted by Gasteiger charge is -2.29. The van der Waals surface area contributed by atoms with Crippen molar-refractivity contribution >= 4 is 23.2 Å². The van der Waals surface area contributed by atoms with E-state index in [0.717, 1.165) is 5.56 Å². The SMILES string of the molecule is Cc1ccc(N)c(N2C(=O)CC(C)CC2=O)c1. The minimum Gasteiger partial charge on any atom is -0.397 e. The van der Waals surface area contributed by atoms with E-state index >= 15 is 0 Å². The quantitative estimate of drug-likeness (QED) is 0.594. The summed E-state index contributed by atoms with van der Waals surface area (Å²) < 4.78 is 0. The van der Waals surface area contributed by atoms with Gasteiger partial charge in [0.25, 0.3) is 0 Å². The number of imide groups is 1. The molecule has 0 bridgehead atoms. The highest BCUT2D eigenvalue weighted by Crippen LogP contribution is 2.30. The molecule has 0 radical (unpaired) electrons. The lowest BCUT2D eigenvalue weighted by molar-refractivity contribution is -0.130. The van der Waals surface area contributed by atoms with Crippen LogP contribution in [0, 0.1) is 12.8 Å². The lowest BCUT2D eigenvalue weighted by Crippen LogP contribution is -2.43. The van der Waals surface area contributed by atoms with Crippen molar-refractivity contribution in [1.82, 2.24) is 0 Å². The van der Waals surface area contributed by atoms with Gasteiger partial charge in [-0.2, -0.15) is 0 Å². The van der Waals surface area contributed by atoms with Crippen LogP contribution in [0.4, 0.5) is 11.4 Å². The third-order valence-electron chi connectivity index (χ3n) is 2.97. The fourth-order valence-corrected chi connectivity index (χ4v) is 2.11. The summed E-state index contributed by atoms with van der Waals surface area (Å²) in [4.78, 5) is 25.1. The lowest BCUT2D eigenvalue weighted by atomic mass is 9.97. The van der Waals surface area contributed by atoms with Crippen molar-refractivity contribution in [3.8, 4) is 0 Å². The Balaban J connectivity index is 2.41. The number of nitrogens with two attached hydrogens (primary N) is 1. The summed E-state index contributed by atoms with van der Waals surface area (Å²) in [6.07, 6.45) is 0.804. The second-order valence-electron chi connectivity index (χ2n) is 4.70. The van der Waals surface area contributed by atoms with E-state index in [4.69, 9.17) is 5.73 Å². The van der Waals surface area contributed by atoms with Gasteiger partial charge in [-0.1, -0.05) is 13.0 Å². The molecule has 2 N–H and O–H groups in total. The van der Waals surface area contributed by atoms with Crippen LogP contribution >= 0.6 is 0 Å². The first kappa shape index (κ1) is 11.6. The summed E-state index contributed by atoms with van der Waals surface area (Å²) in [5.41, 5.74) is 7.80. The summed E-state index contributed by atoms with van der Waals surface area (Å²) in [7, 11) is 0. The molecular weight excluding hydrogens is 216 g/mol. The molecule has 2 rings (SSSR count). The molecule has 0 spiro atoms. The van der Waals surface area contributed by atoms with Gasteiger partial charge in [0.15, 0.2) is 0 Å². The maximum Gasteiger partial charge on any atom is 0.234 e. The van der Waals surface area contributed by atoms with Gasteiger partial charge in [-0.05, 0) is 30.5 Å². The van der Waals surface area contributed by atoms with Crippen molar-refractivity contribution in [2.45, 2.75) is 26.7 Å². The van der Waals surface area contributed by atoms with Gasteiger partial charge >= 0.3 is 0 Å². The first-order valence-electron chi connectivity index (χ1n) is 5.71. The number of aryl methyl sites for hydroxylation is 1. The summed E-state index contributed by atoms with van der Waals surface area (Å²) in [5.74, 6) is -0.200. The number of nitrogens with zero attached hydrogens (tertiary/aromatic N) is 1. The predicted molar refractivity (Wildman–Crippen MR) is 66.5 cm³/mol. The molecule has 0 atom stereocenters. The smallest absolute Gasteiger partial charge is 0.234 e. The van der Waals surface area contributed by atoms with Gasteiger partial charge in [-0.3, -0.25) is 9.59 Å². The van der Waals surface area contributed by atoms with E-state index in [0.29, 0.717) is 24.2 Å². The number of piperidine rings is 1. The van der Waals surface area contributed by atoms with Crippen molar-refractivity contribution in [1.29, 1.82) is 0 Å². The average molecular weight is 232 g/mol. The Morgan fingerprint density at radius 3 is 2.41 bits per heavy atom. The molecular formula is C13H16N2O2. The molecule has 1 saturated heterocycles. The van der Waals surface area contributed by atoms with Crippen molar-refractivity contribution in [2.24, 2.45) is 5.92 Å². The van der Waals surface area contributed by atoms with Crippen LogP contribution in [0.3, 0.4) is 0 Å². The first-order chi connectivity index (χ1) is 7.99. The predicted octanol–water partition coefficient (Wildman–Crippen LogP) is 1.87. The van der Waals surface area contributed by atoms with E-state index in [-0.39, 0.29) is 17.7 Å². The van der Waals surface area contributed by atoms with Crippen molar-refractivity contribution < 1.29 is 9.59 Å². The number of hydrogen-bond donors (Lipinski definition) is 1. The maximum absolute atomic E-state index is 11.9. The van der Waals surface area contributed by atoms with Crippen molar-refractivity contribution in [2.75, 3.05) is 10.6 Å². The zero-order chi connectivity index (χ0) is 12.6. The average Bonchev–Trinajstić information content (AvgIpc) is 2.21. The van der Waals surface area contributed by atoms with E-state index in [9.17, 15) is 9.59 Å². The number of hydrogen-bond acceptors (Lipinski definition) is 3. The Kier molecular flexibility index (Phi) is 2.88. The number of amides is 2. The number of benzene rings is 1. The Bertz CT molecular complexity index is 464. The summed E-state index contributed by atoms with van der Waals surface area (Å²) >= 11 is 0. The van der Waals surface area contributed by atoms with E-state index in [1.807, 2.05) is 19.9 Å². The number of anilines is 2. The van der Waals surface area contributed by atoms with Crippen LogP contribution in [-0.4, -0.2) is 11.8 Å². The fraction of sp³-hybridized carbons (Fsp3) is 0.385. The zero-order valence-corrected chi connectivity index (χ0v) is 10.1.